The fourth-order valence-electron chi connectivity index (χ4n) is 3.23. The molecule has 7 heteroatoms. The number of amides is 1. The molecule has 0 aliphatic carbocycles. The molecular weight excluding hydrogens is 260 g/mol. The number of rotatable bonds is 2. The Morgan fingerprint density at radius 2 is 2.00 bits per heavy atom. The minimum atomic E-state index is -0.990. The van der Waals surface area contributed by atoms with Gasteiger partial charge in [0, 0.05) is 17.0 Å². The van der Waals surface area contributed by atoms with E-state index >= 15 is 0 Å². The van der Waals surface area contributed by atoms with Crippen LogP contribution in [0.2, 0.25) is 0 Å². The first-order chi connectivity index (χ1) is 9.24. The molecule has 0 aromatic heterocycles. The molecule has 2 rings (SSSR count). The van der Waals surface area contributed by atoms with Crippen molar-refractivity contribution in [2.75, 3.05) is 6.54 Å². The lowest BCUT2D eigenvalue weighted by atomic mass is 9.86. The molecule has 2 bridgehead atoms. The van der Waals surface area contributed by atoms with Gasteiger partial charge >= 0.3 is 6.09 Å². The Kier molecular flexibility index (Phi) is 3.84. The van der Waals surface area contributed by atoms with Crippen LogP contribution >= 0.6 is 0 Å². The molecule has 2 aliphatic rings. The number of hydrogen-bond acceptors (Lipinski definition) is 4. The summed E-state index contributed by atoms with van der Waals surface area (Å²) in [5.41, 5.74) is 6.88. The Morgan fingerprint density at radius 1 is 1.45 bits per heavy atom. The summed E-state index contributed by atoms with van der Waals surface area (Å²) < 4.78 is 5.43. The van der Waals surface area contributed by atoms with E-state index in [1.807, 2.05) is 20.8 Å². The molecule has 2 aliphatic heterocycles. The summed E-state index contributed by atoms with van der Waals surface area (Å²) in [7, 11) is 0. The zero-order chi connectivity index (χ0) is 15.0. The highest BCUT2D eigenvalue weighted by Crippen LogP contribution is 2.41. The van der Waals surface area contributed by atoms with Gasteiger partial charge in [-0.25, -0.2) is 4.79 Å². The minimum absolute atomic E-state index is 0.0255. The van der Waals surface area contributed by atoms with Crippen molar-refractivity contribution in [1.29, 1.82) is 0 Å². The number of fused-ring (bicyclic) bond motifs is 2. The molecule has 1 amide bonds. The summed E-state index contributed by atoms with van der Waals surface area (Å²) >= 11 is 0. The lowest BCUT2D eigenvalue weighted by Crippen LogP contribution is -2.55. The van der Waals surface area contributed by atoms with E-state index in [1.165, 1.54) is 0 Å². The predicted molar refractivity (Wildman–Crippen MR) is 73.1 cm³/mol. The van der Waals surface area contributed by atoms with Crippen LogP contribution < -0.4 is 0 Å². The van der Waals surface area contributed by atoms with Crippen LogP contribution in [0.1, 0.15) is 46.5 Å². The minimum Gasteiger partial charge on any atom is -0.444 e. The van der Waals surface area contributed by atoms with Gasteiger partial charge in [0.05, 0.1) is 12.1 Å². The lowest BCUT2D eigenvalue weighted by molar-refractivity contribution is -0.0531. The Hall–Kier alpha value is -1.46. The van der Waals surface area contributed by atoms with Crippen molar-refractivity contribution in [3.8, 4) is 0 Å². The molecule has 20 heavy (non-hydrogen) atoms. The molecule has 0 unspecified atom stereocenters. The van der Waals surface area contributed by atoms with Gasteiger partial charge in [-0.05, 0) is 52.0 Å². The number of piperidine rings is 1. The molecule has 112 valence electrons. The van der Waals surface area contributed by atoms with E-state index < -0.39 is 11.2 Å². The second-order valence-corrected chi connectivity index (χ2v) is 6.79. The average Bonchev–Trinajstić information content (AvgIpc) is 2.58. The van der Waals surface area contributed by atoms with Crippen LogP contribution in [0, 0.1) is 0 Å². The summed E-state index contributed by atoms with van der Waals surface area (Å²) in [4.78, 5) is 16.7. The van der Waals surface area contributed by atoms with Gasteiger partial charge in [-0.3, -0.25) is 0 Å². The van der Waals surface area contributed by atoms with Gasteiger partial charge in [0.25, 0.3) is 0 Å². The quantitative estimate of drug-likeness (QED) is 0.478. The largest absolute Gasteiger partial charge is 0.444 e. The van der Waals surface area contributed by atoms with Gasteiger partial charge in [0.2, 0.25) is 0 Å². The summed E-state index contributed by atoms with van der Waals surface area (Å²) in [6.07, 6.45) is 2.31. The van der Waals surface area contributed by atoms with Crippen LogP contribution in [0.15, 0.2) is 5.11 Å². The summed E-state index contributed by atoms with van der Waals surface area (Å²) in [5.74, 6) is 0. The normalized spacial score (nSPS) is 32.7. The van der Waals surface area contributed by atoms with Crippen molar-refractivity contribution in [3.05, 3.63) is 10.4 Å². The Labute approximate surface area is 118 Å². The van der Waals surface area contributed by atoms with Crippen molar-refractivity contribution in [2.45, 2.75) is 69.7 Å². The molecule has 2 heterocycles. The molecule has 2 saturated heterocycles. The first kappa shape index (κ1) is 14.9. The standard InChI is InChI=1S/C13H22N4O3/c1-12(2,3)20-11(18)17-9-4-5-10(17)7-13(19,6-9)8-15-16-14/h9-10,19H,4-8H2,1-3H3/t9-,10-/m0/s1. The van der Waals surface area contributed by atoms with Crippen LogP contribution in [-0.4, -0.2) is 45.9 Å². The zero-order valence-electron chi connectivity index (χ0n) is 12.2. The summed E-state index contributed by atoms with van der Waals surface area (Å²) in [6, 6.07) is -0.0509. The van der Waals surface area contributed by atoms with Crippen LogP contribution in [0.5, 0.6) is 0 Å². The molecule has 0 saturated carbocycles. The van der Waals surface area contributed by atoms with Gasteiger partial charge in [0.15, 0.2) is 0 Å². The SMILES string of the molecule is CC(C)(C)OC(=O)N1[C@H]2CC[C@H]1CC(O)(CN=[N+]=[N-])C2. The van der Waals surface area contributed by atoms with E-state index in [4.69, 9.17) is 10.3 Å². The maximum atomic E-state index is 12.2. The van der Waals surface area contributed by atoms with Crippen molar-refractivity contribution >= 4 is 6.09 Å². The van der Waals surface area contributed by atoms with Crippen molar-refractivity contribution in [3.63, 3.8) is 0 Å². The van der Waals surface area contributed by atoms with Gasteiger partial charge in [0.1, 0.15) is 5.60 Å². The fraction of sp³-hybridized carbons (Fsp3) is 0.923. The third-order valence-electron chi connectivity index (χ3n) is 3.88. The average molecular weight is 282 g/mol. The van der Waals surface area contributed by atoms with Crippen molar-refractivity contribution in [1.82, 2.24) is 4.90 Å². The van der Waals surface area contributed by atoms with Gasteiger partial charge < -0.3 is 14.7 Å². The first-order valence-corrected chi connectivity index (χ1v) is 6.99. The predicted octanol–water partition coefficient (Wildman–Crippen LogP) is 2.59. The number of carbonyl (C=O) groups excluding carboxylic acids is 1. The molecule has 0 aromatic rings. The first-order valence-electron chi connectivity index (χ1n) is 6.99. The van der Waals surface area contributed by atoms with Gasteiger partial charge in [-0.2, -0.15) is 0 Å². The van der Waals surface area contributed by atoms with Crippen LogP contribution in [0.4, 0.5) is 4.79 Å². The number of hydrogen-bond donors (Lipinski definition) is 1. The highest BCUT2D eigenvalue weighted by molar-refractivity contribution is 5.69. The highest BCUT2D eigenvalue weighted by atomic mass is 16.6. The fourth-order valence-corrected chi connectivity index (χ4v) is 3.23. The number of aliphatic hydroxyl groups is 1. The molecule has 0 radical (unpaired) electrons. The summed E-state index contributed by atoms with van der Waals surface area (Å²) in [5, 5.41) is 14.0. The molecule has 2 fully saturated rings. The van der Waals surface area contributed by atoms with E-state index in [1.54, 1.807) is 4.90 Å². The number of nitrogens with zero attached hydrogens (tertiary/aromatic N) is 4. The Balaban J connectivity index is 2.07. The number of ether oxygens (including phenoxy) is 1. The van der Waals surface area contributed by atoms with E-state index in [0.717, 1.165) is 12.8 Å². The molecule has 7 nitrogen and oxygen atoms in total. The van der Waals surface area contributed by atoms with Gasteiger partial charge in [-0.15, -0.1) is 0 Å². The third-order valence-corrected chi connectivity index (χ3v) is 3.88. The molecular formula is C13H22N4O3. The zero-order valence-corrected chi connectivity index (χ0v) is 12.2. The van der Waals surface area contributed by atoms with Crippen molar-refractivity contribution in [2.24, 2.45) is 5.11 Å². The lowest BCUT2D eigenvalue weighted by Gasteiger charge is -2.43. The van der Waals surface area contributed by atoms with E-state index in [9.17, 15) is 9.90 Å². The monoisotopic (exact) mass is 282 g/mol. The molecule has 0 spiro atoms. The summed E-state index contributed by atoms with van der Waals surface area (Å²) in [6.45, 7) is 5.59. The second kappa shape index (κ2) is 5.14. The van der Waals surface area contributed by atoms with E-state index in [2.05, 4.69) is 10.0 Å². The van der Waals surface area contributed by atoms with Crippen LogP contribution in [0.3, 0.4) is 0 Å². The maximum Gasteiger partial charge on any atom is 0.410 e. The van der Waals surface area contributed by atoms with Crippen LogP contribution in [0.25, 0.3) is 10.4 Å². The number of azide groups is 1. The Bertz CT molecular complexity index is 425. The number of carbonyl (C=O) groups is 1. The Morgan fingerprint density at radius 3 is 2.45 bits per heavy atom. The highest BCUT2D eigenvalue weighted by Gasteiger charge is 2.50. The van der Waals surface area contributed by atoms with E-state index in [-0.39, 0.29) is 24.7 Å². The third kappa shape index (κ3) is 3.16. The van der Waals surface area contributed by atoms with Gasteiger partial charge in [-0.1, -0.05) is 5.11 Å². The molecule has 0 aromatic carbocycles. The van der Waals surface area contributed by atoms with Crippen molar-refractivity contribution < 1.29 is 14.6 Å². The molecule has 2 atom stereocenters. The topological polar surface area (TPSA) is 98.5 Å². The van der Waals surface area contributed by atoms with E-state index in [0.29, 0.717) is 12.8 Å². The maximum absolute atomic E-state index is 12.2. The van der Waals surface area contributed by atoms with Crippen LogP contribution in [-0.2, 0) is 4.74 Å². The second-order valence-electron chi connectivity index (χ2n) is 6.79. The molecule has 1 N–H and O–H groups in total. The smallest absolute Gasteiger partial charge is 0.410 e.